The first-order valence-electron chi connectivity index (χ1n) is 8.39. The van der Waals surface area contributed by atoms with E-state index in [0.29, 0.717) is 38.2 Å². The third kappa shape index (κ3) is 4.85. The minimum Gasteiger partial charge on any atom is -0.480 e. The number of rotatable bonds is 6. The summed E-state index contributed by atoms with van der Waals surface area (Å²) in [6.45, 7) is 1.34. The number of aromatic nitrogens is 2. The van der Waals surface area contributed by atoms with Gasteiger partial charge in [-0.25, -0.2) is 9.78 Å². The van der Waals surface area contributed by atoms with E-state index in [4.69, 9.17) is 21.4 Å². The van der Waals surface area contributed by atoms with E-state index >= 15 is 0 Å². The molecule has 2 aromatic carbocycles. The van der Waals surface area contributed by atoms with Crippen molar-refractivity contribution in [2.24, 2.45) is 5.10 Å². The molecule has 0 spiro atoms. The lowest BCUT2D eigenvalue weighted by Gasteiger charge is -2.11. The van der Waals surface area contributed by atoms with Gasteiger partial charge in [0.2, 0.25) is 0 Å². The number of carboxylic acid groups (broad SMARTS) is 1. The van der Waals surface area contributed by atoms with Gasteiger partial charge in [-0.15, -0.1) is 0 Å². The number of halogens is 3. The third-order valence-corrected chi connectivity index (χ3v) is 5.18. The second-order valence-electron chi connectivity index (χ2n) is 5.89. The summed E-state index contributed by atoms with van der Waals surface area (Å²) in [5.41, 5.74) is 0.671. The lowest BCUT2D eigenvalue weighted by atomic mass is 10.2. The SMILES string of the molecule is CCc1nc2ccc(Br)cc2c(=O)n1N=Cc1cc(Cl)cc(Br)c1OCC(=O)O. The van der Waals surface area contributed by atoms with Gasteiger partial charge in [-0.2, -0.15) is 9.78 Å². The highest BCUT2D eigenvalue weighted by atomic mass is 79.9. The Labute approximate surface area is 187 Å². The first-order chi connectivity index (χ1) is 13.8. The molecule has 0 bridgehead atoms. The van der Waals surface area contributed by atoms with Crippen LogP contribution >= 0.6 is 43.5 Å². The molecule has 29 heavy (non-hydrogen) atoms. The van der Waals surface area contributed by atoms with Crippen LogP contribution in [0.3, 0.4) is 0 Å². The number of hydrogen-bond acceptors (Lipinski definition) is 5. The van der Waals surface area contributed by atoms with Crippen LogP contribution in [0.15, 0.2) is 49.2 Å². The topological polar surface area (TPSA) is 93.8 Å². The highest BCUT2D eigenvalue weighted by molar-refractivity contribution is 9.10. The van der Waals surface area contributed by atoms with E-state index in [1.165, 1.54) is 10.9 Å². The molecule has 0 radical (unpaired) electrons. The number of aryl methyl sites for hydroxylation is 1. The quantitative estimate of drug-likeness (QED) is 0.463. The van der Waals surface area contributed by atoms with Gasteiger partial charge in [0.25, 0.3) is 5.56 Å². The molecule has 0 atom stereocenters. The average molecular weight is 544 g/mol. The van der Waals surface area contributed by atoms with Crippen molar-refractivity contribution in [1.29, 1.82) is 0 Å². The summed E-state index contributed by atoms with van der Waals surface area (Å²) in [5.74, 6) is -0.387. The number of ether oxygens (including phenoxy) is 1. The van der Waals surface area contributed by atoms with Crippen LogP contribution < -0.4 is 10.3 Å². The van der Waals surface area contributed by atoms with Crippen LogP contribution in [-0.4, -0.2) is 33.6 Å². The summed E-state index contributed by atoms with van der Waals surface area (Å²) in [6.07, 6.45) is 1.88. The van der Waals surface area contributed by atoms with Crippen molar-refractivity contribution in [3.63, 3.8) is 0 Å². The lowest BCUT2D eigenvalue weighted by molar-refractivity contribution is -0.139. The molecule has 0 aliphatic heterocycles. The van der Waals surface area contributed by atoms with E-state index in [2.05, 4.69) is 41.9 Å². The Kier molecular flexibility index (Phi) is 6.71. The summed E-state index contributed by atoms with van der Waals surface area (Å²) in [7, 11) is 0. The van der Waals surface area contributed by atoms with Crippen LogP contribution in [0, 0.1) is 0 Å². The van der Waals surface area contributed by atoms with Gasteiger partial charge in [-0.3, -0.25) is 4.79 Å². The zero-order valence-corrected chi connectivity index (χ0v) is 19.0. The normalized spacial score (nSPS) is 11.3. The smallest absolute Gasteiger partial charge is 0.341 e. The van der Waals surface area contributed by atoms with Crippen molar-refractivity contribution in [2.75, 3.05) is 6.61 Å². The minimum absolute atomic E-state index is 0.253. The highest BCUT2D eigenvalue weighted by Crippen LogP contribution is 2.32. The Bertz CT molecular complexity index is 1190. The number of nitrogens with zero attached hydrogens (tertiary/aromatic N) is 3. The Morgan fingerprint density at radius 3 is 2.79 bits per heavy atom. The maximum atomic E-state index is 13.0. The van der Waals surface area contributed by atoms with Crippen LogP contribution in [0.25, 0.3) is 10.9 Å². The number of carbonyl (C=O) groups is 1. The molecular weight excluding hydrogens is 529 g/mol. The molecule has 3 rings (SSSR count). The van der Waals surface area contributed by atoms with Crippen molar-refractivity contribution in [2.45, 2.75) is 13.3 Å². The van der Waals surface area contributed by atoms with Crippen molar-refractivity contribution in [3.05, 3.63) is 66.0 Å². The predicted octanol–water partition coefficient (Wildman–Crippen LogP) is 4.48. The molecule has 0 unspecified atom stereocenters. The van der Waals surface area contributed by atoms with Crippen molar-refractivity contribution < 1.29 is 14.6 Å². The summed E-state index contributed by atoms with van der Waals surface area (Å²) in [5, 5.41) is 14.0. The minimum atomic E-state index is -1.12. The number of fused-ring (bicyclic) bond motifs is 1. The third-order valence-electron chi connectivity index (χ3n) is 3.88. The molecule has 1 heterocycles. The van der Waals surface area contributed by atoms with Crippen LogP contribution in [0.1, 0.15) is 18.3 Å². The summed E-state index contributed by atoms with van der Waals surface area (Å²) < 4.78 is 7.78. The van der Waals surface area contributed by atoms with E-state index in [0.717, 1.165) is 4.47 Å². The van der Waals surface area contributed by atoms with Crippen LogP contribution in [0.2, 0.25) is 5.02 Å². The summed E-state index contributed by atoms with van der Waals surface area (Å²) in [6, 6.07) is 8.41. The molecule has 0 aliphatic rings. The summed E-state index contributed by atoms with van der Waals surface area (Å²) >= 11 is 12.8. The zero-order chi connectivity index (χ0) is 21.1. The molecule has 0 aliphatic carbocycles. The fraction of sp³-hybridized carbons (Fsp3) is 0.158. The van der Waals surface area contributed by atoms with Crippen molar-refractivity contribution in [1.82, 2.24) is 9.66 Å². The standard InChI is InChI=1S/C19H14Br2ClN3O4/c1-2-16-24-15-4-3-11(20)6-13(15)19(28)25(16)23-8-10-5-12(22)7-14(21)18(10)29-9-17(26)27/h3-8H,2,9H2,1H3,(H,26,27). The molecule has 1 aromatic heterocycles. The lowest BCUT2D eigenvalue weighted by Crippen LogP contribution is -2.22. The van der Waals surface area contributed by atoms with Crippen molar-refractivity contribution >= 4 is 66.5 Å². The maximum Gasteiger partial charge on any atom is 0.341 e. The average Bonchev–Trinajstić information content (AvgIpc) is 2.66. The number of hydrogen-bond donors (Lipinski definition) is 1. The fourth-order valence-corrected chi connectivity index (χ4v) is 3.93. The second kappa shape index (κ2) is 9.06. The van der Waals surface area contributed by atoms with E-state index in [-0.39, 0.29) is 11.3 Å². The van der Waals surface area contributed by atoms with Gasteiger partial charge in [0.15, 0.2) is 6.61 Å². The molecule has 150 valence electrons. The Morgan fingerprint density at radius 2 is 2.10 bits per heavy atom. The first kappa shape index (κ1) is 21.5. The molecule has 0 fully saturated rings. The van der Waals surface area contributed by atoms with Gasteiger partial charge < -0.3 is 9.84 Å². The van der Waals surface area contributed by atoms with Gasteiger partial charge in [0.1, 0.15) is 11.6 Å². The molecule has 7 nitrogen and oxygen atoms in total. The Morgan fingerprint density at radius 1 is 1.34 bits per heavy atom. The van der Waals surface area contributed by atoms with Crippen LogP contribution in [0.5, 0.6) is 5.75 Å². The van der Waals surface area contributed by atoms with Gasteiger partial charge in [0, 0.05) is 21.5 Å². The maximum absolute atomic E-state index is 13.0. The molecule has 3 aromatic rings. The van der Waals surface area contributed by atoms with Crippen LogP contribution in [-0.2, 0) is 11.2 Å². The highest BCUT2D eigenvalue weighted by Gasteiger charge is 2.13. The summed E-state index contributed by atoms with van der Waals surface area (Å²) in [4.78, 5) is 28.3. The predicted molar refractivity (Wildman–Crippen MR) is 118 cm³/mol. The monoisotopic (exact) mass is 541 g/mol. The van der Waals surface area contributed by atoms with E-state index in [1.807, 2.05) is 13.0 Å². The zero-order valence-electron chi connectivity index (χ0n) is 15.0. The van der Waals surface area contributed by atoms with E-state index < -0.39 is 12.6 Å². The molecule has 0 saturated carbocycles. The molecule has 0 saturated heterocycles. The number of benzene rings is 2. The van der Waals surface area contributed by atoms with Crippen LogP contribution in [0.4, 0.5) is 0 Å². The first-order valence-corrected chi connectivity index (χ1v) is 10.4. The largest absolute Gasteiger partial charge is 0.480 e. The molecular formula is C19H14Br2ClN3O4. The van der Waals surface area contributed by atoms with Gasteiger partial charge in [-0.05, 0) is 46.3 Å². The van der Waals surface area contributed by atoms with Gasteiger partial charge in [0.05, 0.1) is 21.6 Å². The Hall–Kier alpha value is -2.23. The molecule has 10 heteroatoms. The van der Waals surface area contributed by atoms with E-state index in [1.54, 1.807) is 24.3 Å². The molecule has 1 N–H and O–H groups in total. The number of carboxylic acids is 1. The number of aliphatic carboxylic acids is 1. The molecule has 0 amide bonds. The van der Waals surface area contributed by atoms with Gasteiger partial charge in [-0.1, -0.05) is 34.5 Å². The van der Waals surface area contributed by atoms with E-state index in [9.17, 15) is 9.59 Å². The second-order valence-corrected chi connectivity index (χ2v) is 8.10. The van der Waals surface area contributed by atoms with Gasteiger partial charge >= 0.3 is 5.97 Å². The fourth-order valence-electron chi connectivity index (χ4n) is 2.62. The van der Waals surface area contributed by atoms with Crippen molar-refractivity contribution in [3.8, 4) is 5.75 Å². The Balaban J connectivity index is 2.12.